The Kier molecular flexibility index (Phi) is 3.10. The van der Waals surface area contributed by atoms with Gasteiger partial charge in [-0.2, -0.15) is 0 Å². The maximum absolute atomic E-state index is 11.2. The molecule has 4 nitrogen and oxygen atoms in total. The normalized spacial score (nSPS) is 10.2. The van der Waals surface area contributed by atoms with Gasteiger partial charge < -0.3 is 5.73 Å². The van der Waals surface area contributed by atoms with Gasteiger partial charge in [0.15, 0.2) is 5.13 Å². The Morgan fingerprint density at radius 1 is 1.35 bits per heavy atom. The minimum absolute atomic E-state index is 0.0248. The quantitative estimate of drug-likeness (QED) is 0.829. The highest BCUT2D eigenvalue weighted by atomic mass is 32.1. The van der Waals surface area contributed by atoms with Gasteiger partial charge in [-0.05, 0) is 12.1 Å². The highest BCUT2D eigenvalue weighted by molar-refractivity contribution is 7.14. The zero-order valence-corrected chi connectivity index (χ0v) is 10.5. The average Bonchev–Trinajstić information content (AvgIpc) is 2.78. The van der Waals surface area contributed by atoms with Gasteiger partial charge in [0.25, 0.3) is 0 Å². The predicted octanol–water partition coefficient (Wildman–Crippen LogP) is 2.38. The fourth-order valence-electron chi connectivity index (χ4n) is 1.34. The largest absolute Gasteiger partial charge is 0.399 e. The summed E-state index contributed by atoms with van der Waals surface area (Å²) in [7, 11) is 1.72. The predicted molar refractivity (Wildman–Crippen MR) is 71.0 cm³/mol. The number of benzene rings is 1. The van der Waals surface area contributed by atoms with Gasteiger partial charge in [0, 0.05) is 30.6 Å². The van der Waals surface area contributed by atoms with Crippen LogP contribution in [0.4, 0.5) is 10.8 Å². The first-order valence-corrected chi connectivity index (χ1v) is 6.01. The molecule has 0 aliphatic rings. The third kappa shape index (κ3) is 2.45. The maximum Gasteiger partial charge on any atom is 0.225 e. The van der Waals surface area contributed by atoms with E-state index in [4.69, 9.17) is 5.73 Å². The van der Waals surface area contributed by atoms with E-state index in [1.807, 2.05) is 29.6 Å². The zero-order chi connectivity index (χ0) is 12.4. The van der Waals surface area contributed by atoms with Crippen LogP contribution in [0.5, 0.6) is 0 Å². The molecule has 0 atom stereocenters. The van der Waals surface area contributed by atoms with Crippen molar-refractivity contribution < 1.29 is 4.79 Å². The fraction of sp³-hybridized carbons (Fsp3) is 0.167. The molecular weight excluding hydrogens is 234 g/mol. The standard InChI is InChI=1S/C12H13N3OS/c1-8(16)15(2)12-14-11(7-17-12)9-3-5-10(13)6-4-9/h3-7H,13H2,1-2H3. The summed E-state index contributed by atoms with van der Waals surface area (Å²) in [4.78, 5) is 17.2. The fourth-order valence-corrected chi connectivity index (χ4v) is 2.18. The lowest BCUT2D eigenvalue weighted by molar-refractivity contribution is -0.116. The lowest BCUT2D eigenvalue weighted by Gasteiger charge is -2.09. The van der Waals surface area contributed by atoms with Crippen molar-refractivity contribution in [3.8, 4) is 11.3 Å². The molecule has 0 aliphatic heterocycles. The lowest BCUT2D eigenvalue weighted by atomic mass is 10.1. The van der Waals surface area contributed by atoms with Crippen LogP contribution < -0.4 is 10.6 Å². The summed E-state index contributed by atoms with van der Waals surface area (Å²) in [6.07, 6.45) is 0. The van der Waals surface area contributed by atoms with Gasteiger partial charge in [-0.1, -0.05) is 12.1 Å². The molecule has 2 rings (SSSR count). The van der Waals surface area contributed by atoms with Crippen LogP contribution in [0.15, 0.2) is 29.6 Å². The van der Waals surface area contributed by atoms with Crippen molar-refractivity contribution in [1.29, 1.82) is 0 Å². The van der Waals surface area contributed by atoms with Crippen molar-refractivity contribution in [2.45, 2.75) is 6.92 Å². The number of aromatic nitrogens is 1. The van der Waals surface area contributed by atoms with Crippen LogP contribution >= 0.6 is 11.3 Å². The van der Waals surface area contributed by atoms with Crippen molar-refractivity contribution >= 4 is 28.1 Å². The van der Waals surface area contributed by atoms with Gasteiger partial charge in [-0.15, -0.1) is 11.3 Å². The molecule has 1 aromatic heterocycles. The smallest absolute Gasteiger partial charge is 0.225 e. The van der Waals surface area contributed by atoms with E-state index in [0.717, 1.165) is 16.9 Å². The molecule has 2 aromatic rings. The zero-order valence-electron chi connectivity index (χ0n) is 9.68. The van der Waals surface area contributed by atoms with Gasteiger partial charge in [-0.25, -0.2) is 4.98 Å². The summed E-state index contributed by atoms with van der Waals surface area (Å²) < 4.78 is 0. The highest BCUT2D eigenvalue weighted by Crippen LogP contribution is 2.27. The van der Waals surface area contributed by atoms with E-state index in [0.29, 0.717) is 5.13 Å². The van der Waals surface area contributed by atoms with Crippen LogP contribution in [-0.2, 0) is 4.79 Å². The Bertz CT molecular complexity index is 533. The van der Waals surface area contributed by atoms with E-state index in [1.54, 1.807) is 7.05 Å². The third-order valence-corrected chi connectivity index (χ3v) is 3.37. The van der Waals surface area contributed by atoms with Gasteiger partial charge in [0.1, 0.15) is 0 Å². The SMILES string of the molecule is CC(=O)N(C)c1nc(-c2ccc(N)cc2)cs1. The van der Waals surface area contributed by atoms with Crippen LogP contribution in [0.1, 0.15) is 6.92 Å². The molecule has 2 N–H and O–H groups in total. The molecule has 88 valence electrons. The second kappa shape index (κ2) is 4.55. The first-order chi connectivity index (χ1) is 8.08. The number of carbonyl (C=O) groups excluding carboxylic acids is 1. The summed E-state index contributed by atoms with van der Waals surface area (Å²) in [5.74, 6) is -0.0248. The summed E-state index contributed by atoms with van der Waals surface area (Å²) in [6.45, 7) is 1.52. The summed E-state index contributed by atoms with van der Waals surface area (Å²) in [5.41, 5.74) is 8.21. The number of nitrogen functional groups attached to an aromatic ring is 1. The number of amides is 1. The Morgan fingerprint density at radius 2 is 2.00 bits per heavy atom. The van der Waals surface area contributed by atoms with Gasteiger partial charge in [0.05, 0.1) is 5.69 Å². The second-order valence-electron chi connectivity index (χ2n) is 3.72. The van der Waals surface area contributed by atoms with Crippen molar-refractivity contribution in [3.05, 3.63) is 29.6 Å². The molecule has 5 heteroatoms. The number of nitrogens with two attached hydrogens (primary N) is 1. The molecular formula is C12H13N3OS. The number of anilines is 2. The van der Waals surface area contributed by atoms with Gasteiger partial charge in [-0.3, -0.25) is 9.69 Å². The molecule has 1 aromatic carbocycles. The van der Waals surface area contributed by atoms with Crippen molar-refractivity contribution in [1.82, 2.24) is 4.98 Å². The summed E-state index contributed by atoms with van der Waals surface area (Å²) in [5, 5.41) is 2.63. The molecule has 0 fully saturated rings. The lowest BCUT2D eigenvalue weighted by Crippen LogP contribution is -2.22. The molecule has 17 heavy (non-hydrogen) atoms. The average molecular weight is 247 g/mol. The number of rotatable bonds is 2. The minimum Gasteiger partial charge on any atom is -0.399 e. The van der Waals surface area contributed by atoms with Crippen LogP contribution in [0.3, 0.4) is 0 Å². The van der Waals surface area contributed by atoms with Gasteiger partial charge >= 0.3 is 0 Å². The van der Waals surface area contributed by atoms with E-state index >= 15 is 0 Å². The molecule has 0 radical (unpaired) electrons. The molecule has 1 heterocycles. The Hall–Kier alpha value is -1.88. The molecule has 1 amide bonds. The Morgan fingerprint density at radius 3 is 2.59 bits per heavy atom. The molecule has 0 saturated carbocycles. The van der Waals surface area contributed by atoms with Crippen LogP contribution in [0.25, 0.3) is 11.3 Å². The van der Waals surface area contributed by atoms with Gasteiger partial charge in [0.2, 0.25) is 5.91 Å². The van der Waals surface area contributed by atoms with Crippen LogP contribution in [-0.4, -0.2) is 17.9 Å². The maximum atomic E-state index is 11.2. The molecule has 0 spiro atoms. The molecule has 0 saturated heterocycles. The summed E-state index contributed by atoms with van der Waals surface area (Å²) in [6, 6.07) is 7.51. The minimum atomic E-state index is -0.0248. The van der Waals surface area contributed by atoms with E-state index in [2.05, 4.69) is 4.98 Å². The van der Waals surface area contributed by atoms with Crippen LogP contribution in [0, 0.1) is 0 Å². The number of hydrogen-bond donors (Lipinski definition) is 1. The third-order valence-electron chi connectivity index (χ3n) is 2.46. The highest BCUT2D eigenvalue weighted by Gasteiger charge is 2.11. The van der Waals surface area contributed by atoms with Crippen molar-refractivity contribution in [3.63, 3.8) is 0 Å². The number of carbonyl (C=O) groups is 1. The second-order valence-corrected chi connectivity index (χ2v) is 4.55. The molecule has 0 aliphatic carbocycles. The molecule has 0 unspecified atom stereocenters. The molecule has 0 bridgehead atoms. The number of thiazole rings is 1. The Balaban J connectivity index is 2.29. The first kappa shape index (κ1) is 11.6. The van der Waals surface area contributed by atoms with E-state index in [9.17, 15) is 4.79 Å². The summed E-state index contributed by atoms with van der Waals surface area (Å²) >= 11 is 1.45. The monoisotopic (exact) mass is 247 g/mol. The topological polar surface area (TPSA) is 59.2 Å². The van der Waals surface area contributed by atoms with E-state index in [-0.39, 0.29) is 5.91 Å². The van der Waals surface area contributed by atoms with E-state index in [1.165, 1.54) is 23.2 Å². The number of hydrogen-bond acceptors (Lipinski definition) is 4. The van der Waals surface area contributed by atoms with Crippen molar-refractivity contribution in [2.24, 2.45) is 0 Å². The number of nitrogens with zero attached hydrogens (tertiary/aromatic N) is 2. The first-order valence-electron chi connectivity index (χ1n) is 5.13. The van der Waals surface area contributed by atoms with Crippen LogP contribution in [0.2, 0.25) is 0 Å². The Labute approximate surface area is 104 Å². The van der Waals surface area contributed by atoms with Crippen molar-refractivity contribution in [2.75, 3.05) is 17.7 Å². The van der Waals surface area contributed by atoms with E-state index < -0.39 is 0 Å².